The SMILES string of the molecule is CCNC(=O)N1CCN(C(=O)Cc2cccs2)CC1. The summed E-state index contributed by atoms with van der Waals surface area (Å²) >= 11 is 1.61. The van der Waals surface area contributed by atoms with Crippen molar-refractivity contribution in [2.45, 2.75) is 13.3 Å². The van der Waals surface area contributed by atoms with Crippen LogP contribution < -0.4 is 5.32 Å². The molecule has 0 unspecified atom stereocenters. The standard InChI is InChI=1S/C13H19N3O2S/c1-2-14-13(18)16-7-5-15(6-8-16)12(17)10-11-4-3-9-19-11/h3-4,9H,2,5-8,10H2,1H3,(H,14,18). The van der Waals surface area contributed by atoms with Crippen molar-refractivity contribution in [2.75, 3.05) is 32.7 Å². The van der Waals surface area contributed by atoms with E-state index < -0.39 is 0 Å². The van der Waals surface area contributed by atoms with Crippen LogP contribution in [0.25, 0.3) is 0 Å². The van der Waals surface area contributed by atoms with Crippen molar-refractivity contribution in [1.82, 2.24) is 15.1 Å². The predicted molar refractivity (Wildman–Crippen MR) is 75.2 cm³/mol. The number of piperazine rings is 1. The molecular formula is C13H19N3O2S. The molecule has 1 N–H and O–H groups in total. The molecule has 2 heterocycles. The number of rotatable bonds is 3. The van der Waals surface area contributed by atoms with Gasteiger partial charge in [0.15, 0.2) is 0 Å². The molecular weight excluding hydrogens is 262 g/mol. The van der Waals surface area contributed by atoms with E-state index in [0.29, 0.717) is 39.1 Å². The molecule has 6 heteroatoms. The monoisotopic (exact) mass is 281 g/mol. The summed E-state index contributed by atoms with van der Waals surface area (Å²) in [6.07, 6.45) is 0.471. The zero-order valence-corrected chi connectivity index (χ0v) is 11.9. The van der Waals surface area contributed by atoms with E-state index in [9.17, 15) is 9.59 Å². The molecule has 0 bridgehead atoms. The van der Waals surface area contributed by atoms with Crippen molar-refractivity contribution < 1.29 is 9.59 Å². The molecule has 1 aromatic rings. The largest absolute Gasteiger partial charge is 0.339 e. The predicted octanol–water partition coefficient (Wildman–Crippen LogP) is 1.16. The second kappa shape index (κ2) is 6.56. The molecule has 1 aliphatic rings. The van der Waals surface area contributed by atoms with Crippen molar-refractivity contribution >= 4 is 23.3 Å². The Morgan fingerprint density at radius 3 is 2.53 bits per heavy atom. The van der Waals surface area contributed by atoms with Crippen LogP contribution in [0.4, 0.5) is 4.79 Å². The van der Waals surface area contributed by atoms with Crippen LogP contribution in [0.1, 0.15) is 11.8 Å². The maximum atomic E-state index is 12.1. The molecule has 5 nitrogen and oxygen atoms in total. The fourth-order valence-corrected chi connectivity index (χ4v) is 2.79. The van der Waals surface area contributed by atoms with Crippen LogP contribution in [0, 0.1) is 0 Å². The summed E-state index contributed by atoms with van der Waals surface area (Å²) in [4.78, 5) is 28.4. The van der Waals surface area contributed by atoms with Gasteiger partial charge in [0.2, 0.25) is 5.91 Å². The minimum Gasteiger partial charge on any atom is -0.339 e. The minimum absolute atomic E-state index is 0.0344. The zero-order valence-electron chi connectivity index (χ0n) is 11.1. The Morgan fingerprint density at radius 1 is 1.26 bits per heavy atom. The molecule has 3 amide bonds. The van der Waals surface area contributed by atoms with E-state index in [1.807, 2.05) is 29.3 Å². The molecule has 1 aromatic heterocycles. The Hall–Kier alpha value is -1.56. The molecule has 0 radical (unpaired) electrons. The van der Waals surface area contributed by atoms with Gasteiger partial charge in [-0.15, -0.1) is 11.3 Å². The summed E-state index contributed by atoms with van der Waals surface area (Å²) in [5, 5.41) is 4.76. The number of amides is 3. The van der Waals surface area contributed by atoms with Gasteiger partial charge in [-0.1, -0.05) is 6.07 Å². The van der Waals surface area contributed by atoms with Gasteiger partial charge >= 0.3 is 6.03 Å². The minimum atomic E-state index is -0.0344. The maximum Gasteiger partial charge on any atom is 0.317 e. The van der Waals surface area contributed by atoms with Gasteiger partial charge in [0.25, 0.3) is 0 Å². The first-order valence-electron chi connectivity index (χ1n) is 6.53. The molecule has 104 valence electrons. The zero-order chi connectivity index (χ0) is 13.7. The fraction of sp³-hybridized carbons (Fsp3) is 0.538. The van der Waals surface area contributed by atoms with Crippen molar-refractivity contribution in [3.63, 3.8) is 0 Å². The molecule has 1 fully saturated rings. The number of urea groups is 1. The van der Waals surface area contributed by atoms with E-state index in [1.54, 1.807) is 16.2 Å². The quantitative estimate of drug-likeness (QED) is 0.904. The Kier molecular flexibility index (Phi) is 4.79. The Balaban J connectivity index is 1.79. The van der Waals surface area contributed by atoms with Gasteiger partial charge in [0.1, 0.15) is 0 Å². The first-order valence-corrected chi connectivity index (χ1v) is 7.41. The van der Waals surface area contributed by atoms with Crippen LogP contribution in [0.5, 0.6) is 0 Å². The molecule has 0 spiro atoms. The Bertz CT molecular complexity index is 425. The van der Waals surface area contributed by atoms with E-state index in [-0.39, 0.29) is 11.9 Å². The molecule has 2 rings (SSSR count). The van der Waals surface area contributed by atoms with Crippen molar-refractivity contribution in [1.29, 1.82) is 0 Å². The first-order chi connectivity index (χ1) is 9.20. The van der Waals surface area contributed by atoms with Gasteiger partial charge in [0.05, 0.1) is 6.42 Å². The highest BCUT2D eigenvalue weighted by atomic mass is 32.1. The molecule has 0 atom stereocenters. The normalized spacial score (nSPS) is 15.4. The Labute approximate surface area is 117 Å². The van der Waals surface area contributed by atoms with E-state index in [4.69, 9.17) is 0 Å². The Morgan fingerprint density at radius 2 is 1.95 bits per heavy atom. The number of carbonyl (C=O) groups is 2. The second-order valence-electron chi connectivity index (χ2n) is 4.46. The highest BCUT2D eigenvalue weighted by molar-refractivity contribution is 7.10. The summed E-state index contributed by atoms with van der Waals surface area (Å²) in [7, 11) is 0. The smallest absolute Gasteiger partial charge is 0.317 e. The van der Waals surface area contributed by atoms with E-state index >= 15 is 0 Å². The third-order valence-corrected chi connectivity index (χ3v) is 4.03. The van der Waals surface area contributed by atoms with Crippen LogP contribution in [0.15, 0.2) is 17.5 Å². The number of nitrogens with zero attached hydrogens (tertiary/aromatic N) is 2. The van der Waals surface area contributed by atoms with Crippen molar-refractivity contribution in [3.05, 3.63) is 22.4 Å². The highest BCUT2D eigenvalue weighted by Gasteiger charge is 2.23. The third kappa shape index (κ3) is 3.70. The van der Waals surface area contributed by atoms with Crippen LogP contribution >= 0.6 is 11.3 Å². The average Bonchev–Trinajstić information content (AvgIpc) is 2.92. The summed E-state index contributed by atoms with van der Waals surface area (Å²) < 4.78 is 0. The summed E-state index contributed by atoms with van der Waals surface area (Å²) in [6, 6.07) is 3.90. The number of carbonyl (C=O) groups excluding carboxylic acids is 2. The second-order valence-corrected chi connectivity index (χ2v) is 5.49. The first kappa shape index (κ1) is 13.9. The lowest BCUT2D eigenvalue weighted by atomic mass is 10.2. The summed E-state index contributed by atoms with van der Waals surface area (Å²) in [6.45, 7) is 5.02. The lowest BCUT2D eigenvalue weighted by Crippen LogP contribution is -2.53. The topological polar surface area (TPSA) is 52.7 Å². The van der Waals surface area contributed by atoms with Crippen molar-refractivity contribution in [3.8, 4) is 0 Å². The van der Waals surface area contributed by atoms with Crippen LogP contribution in [-0.4, -0.2) is 54.5 Å². The van der Waals surface area contributed by atoms with Crippen LogP contribution in [-0.2, 0) is 11.2 Å². The van der Waals surface area contributed by atoms with Gasteiger partial charge in [-0.2, -0.15) is 0 Å². The fourth-order valence-electron chi connectivity index (χ4n) is 2.10. The molecule has 1 aliphatic heterocycles. The molecule has 0 aromatic carbocycles. The van der Waals surface area contributed by atoms with E-state index in [0.717, 1.165) is 4.88 Å². The number of thiophene rings is 1. The number of hydrogen-bond donors (Lipinski definition) is 1. The number of nitrogens with one attached hydrogen (secondary N) is 1. The summed E-state index contributed by atoms with van der Waals surface area (Å²) in [5.41, 5.74) is 0. The van der Waals surface area contributed by atoms with Crippen LogP contribution in [0.2, 0.25) is 0 Å². The lowest BCUT2D eigenvalue weighted by Gasteiger charge is -2.34. The van der Waals surface area contributed by atoms with E-state index in [2.05, 4.69) is 5.32 Å². The maximum absolute atomic E-state index is 12.1. The van der Waals surface area contributed by atoms with Crippen LogP contribution in [0.3, 0.4) is 0 Å². The molecule has 0 saturated carbocycles. The molecule has 1 saturated heterocycles. The number of hydrogen-bond acceptors (Lipinski definition) is 3. The van der Waals surface area contributed by atoms with Gasteiger partial charge in [-0.3, -0.25) is 4.79 Å². The highest BCUT2D eigenvalue weighted by Crippen LogP contribution is 2.12. The lowest BCUT2D eigenvalue weighted by molar-refractivity contribution is -0.131. The molecule has 19 heavy (non-hydrogen) atoms. The van der Waals surface area contributed by atoms with Gasteiger partial charge in [0, 0.05) is 37.6 Å². The van der Waals surface area contributed by atoms with Gasteiger partial charge in [-0.05, 0) is 18.4 Å². The molecule has 0 aliphatic carbocycles. The van der Waals surface area contributed by atoms with Gasteiger partial charge < -0.3 is 15.1 Å². The van der Waals surface area contributed by atoms with E-state index in [1.165, 1.54) is 0 Å². The van der Waals surface area contributed by atoms with Crippen molar-refractivity contribution in [2.24, 2.45) is 0 Å². The summed E-state index contributed by atoms with van der Waals surface area (Å²) in [5.74, 6) is 0.151. The van der Waals surface area contributed by atoms with Gasteiger partial charge in [-0.25, -0.2) is 4.79 Å². The average molecular weight is 281 g/mol. The third-order valence-electron chi connectivity index (χ3n) is 3.15.